The first-order valence-electron chi connectivity index (χ1n) is 10.0. The van der Waals surface area contributed by atoms with Crippen LogP contribution in [0.25, 0.3) is 10.8 Å². The van der Waals surface area contributed by atoms with Gasteiger partial charge in [-0.15, -0.1) is 0 Å². The average molecular weight is 449 g/mol. The number of carbonyl (C=O) groups excluding carboxylic acids is 1. The van der Waals surface area contributed by atoms with Crippen molar-refractivity contribution < 1.29 is 17.6 Å². The molecule has 7 heteroatoms. The highest BCUT2D eigenvalue weighted by molar-refractivity contribution is 7.89. The van der Waals surface area contributed by atoms with Gasteiger partial charge in [0, 0.05) is 11.1 Å². The third-order valence-electron chi connectivity index (χ3n) is 5.07. The monoisotopic (exact) mass is 448 g/mol. The molecule has 0 saturated carbocycles. The normalized spacial score (nSPS) is 12.4. The molecule has 0 aliphatic carbocycles. The SMILES string of the molecule is O=C(Nc1cccc2ccccc12)[C@H](Cc1ccccc1)NS(=O)(=O)c1ccc(F)cc1. The highest BCUT2D eigenvalue weighted by Gasteiger charge is 2.26. The second kappa shape index (κ2) is 9.30. The molecule has 1 atom stereocenters. The Morgan fingerprint density at radius 2 is 1.47 bits per heavy atom. The fourth-order valence-electron chi connectivity index (χ4n) is 3.46. The number of carbonyl (C=O) groups is 1. The van der Waals surface area contributed by atoms with Crippen LogP contribution in [0.5, 0.6) is 0 Å². The summed E-state index contributed by atoms with van der Waals surface area (Å²) in [5.41, 5.74) is 1.39. The van der Waals surface area contributed by atoms with Gasteiger partial charge in [-0.2, -0.15) is 4.72 Å². The Morgan fingerprint density at radius 1 is 0.812 bits per heavy atom. The Morgan fingerprint density at radius 3 is 2.22 bits per heavy atom. The highest BCUT2D eigenvalue weighted by atomic mass is 32.2. The topological polar surface area (TPSA) is 75.3 Å². The van der Waals surface area contributed by atoms with E-state index in [1.807, 2.05) is 66.7 Å². The van der Waals surface area contributed by atoms with E-state index in [4.69, 9.17) is 0 Å². The summed E-state index contributed by atoms with van der Waals surface area (Å²) in [5, 5.41) is 4.67. The average Bonchev–Trinajstić information content (AvgIpc) is 2.80. The summed E-state index contributed by atoms with van der Waals surface area (Å²) >= 11 is 0. The van der Waals surface area contributed by atoms with Crippen LogP contribution < -0.4 is 10.0 Å². The van der Waals surface area contributed by atoms with Gasteiger partial charge < -0.3 is 5.32 Å². The van der Waals surface area contributed by atoms with Crippen molar-refractivity contribution in [3.05, 3.63) is 108 Å². The van der Waals surface area contributed by atoms with E-state index < -0.39 is 27.8 Å². The number of anilines is 1. The second-order valence-corrected chi connectivity index (χ2v) is 9.05. The van der Waals surface area contributed by atoms with E-state index in [9.17, 15) is 17.6 Å². The van der Waals surface area contributed by atoms with Crippen molar-refractivity contribution in [2.24, 2.45) is 0 Å². The van der Waals surface area contributed by atoms with Crippen LogP contribution in [0, 0.1) is 5.82 Å². The Balaban J connectivity index is 1.64. The predicted molar refractivity (Wildman–Crippen MR) is 123 cm³/mol. The zero-order chi connectivity index (χ0) is 22.6. The standard InChI is InChI=1S/C25H21FN2O3S/c26-20-13-15-21(16-14-20)32(30,31)28-24(17-18-7-2-1-3-8-18)25(29)27-23-12-6-10-19-9-4-5-11-22(19)23/h1-16,24,28H,17H2,(H,27,29)/t24-/m0/s1. The summed E-state index contributed by atoms with van der Waals surface area (Å²) in [6.07, 6.45) is 0.151. The minimum Gasteiger partial charge on any atom is -0.324 e. The molecule has 0 aromatic heterocycles. The summed E-state index contributed by atoms with van der Waals surface area (Å²) in [5.74, 6) is -1.03. The molecular weight excluding hydrogens is 427 g/mol. The number of rotatable bonds is 7. The van der Waals surface area contributed by atoms with Gasteiger partial charge >= 0.3 is 0 Å². The number of sulfonamides is 1. The third kappa shape index (κ3) is 5.01. The summed E-state index contributed by atoms with van der Waals surface area (Å²) in [4.78, 5) is 13.1. The van der Waals surface area contributed by atoms with Gasteiger partial charge in [0.05, 0.1) is 4.90 Å². The number of nitrogens with one attached hydrogen (secondary N) is 2. The van der Waals surface area contributed by atoms with Gasteiger partial charge in [-0.25, -0.2) is 12.8 Å². The van der Waals surface area contributed by atoms with Crippen molar-refractivity contribution in [1.29, 1.82) is 0 Å². The van der Waals surface area contributed by atoms with E-state index >= 15 is 0 Å². The van der Waals surface area contributed by atoms with Crippen LogP contribution in [-0.2, 0) is 21.2 Å². The first-order chi connectivity index (χ1) is 15.4. The second-order valence-electron chi connectivity index (χ2n) is 7.33. The van der Waals surface area contributed by atoms with Crippen molar-refractivity contribution in [3.63, 3.8) is 0 Å². The van der Waals surface area contributed by atoms with Gasteiger partial charge in [-0.1, -0.05) is 66.7 Å². The van der Waals surface area contributed by atoms with Crippen molar-refractivity contribution in [1.82, 2.24) is 4.72 Å². The summed E-state index contributed by atoms with van der Waals surface area (Å²) in [6, 6.07) is 25.7. The summed E-state index contributed by atoms with van der Waals surface area (Å²) in [7, 11) is -4.05. The molecule has 162 valence electrons. The quantitative estimate of drug-likeness (QED) is 0.437. The molecule has 0 spiro atoms. The Kier molecular flexibility index (Phi) is 6.30. The molecule has 2 N–H and O–H groups in total. The molecule has 4 aromatic carbocycles. The lowest BCUT2D eigenvalue weighted by atomic mass is 10.1. The van der Waals surface area contributed by atoms with Crippen LogP contribution >= 0.6 is 0 Å². The molecule has 0 unspecified atom stereocenters. The lowest BCUT2D eigenvalue weighted by Crippen LogP contribution is -2.45. The van der Waals surface area contributed by atoms with E-state index in [-0.39, 0.29) is 11.3 Å². The highest BCUT2D eigenvalue weighted by Crippen LogP contribution is 2.23. The largest absolute Gasteiger partial charge is 0.324 e. The van der Waals surface area contributed by atoms with Crippen LogP contribution in [0.4, 0.5) is 10.1 Å². The van der Waals surface area contributed by atoms with E-state index in [0.29, 0.717) is 5.69 Å². The fraction of sp³-hybridized carbons (Fsp3) is 0.0800. The molecule has 4 aromatic rings. The number of hydrogen-bond donors (Lipinski definition) is 2. The van der Waals surface area contributed by atoms with Crippen LogP contribution in [0.2, 0.25) is 0 Å². The minimum atomic E-state index is -4.05. The van der Waals surface area contributed by atoms with E-state index in [0.717, 1.165) is 28.5 Å². The van der Waals surface area contributed by atoms with Crippen molar-refractivity contribution in [2.45, 2.75) is 17.4 Å². The zero-order valence-electron chi connectivity index (χ0n) is 17.0. The molecule has 1 amide bonds. The molecule has 0 fully saturated rings. The first kappa shape index (κ1) is 21.7. The maximum absolute atomic E-state index is 13.2. The van der Waals surface area contributed by atoms with Crippen LogP contribution in [0.3, 0.4) is 0 Å². The molecular formula is C25H21FN2O3S. The molecule has 0 aliphatic heterocycles. The lowest BCUT2D eigenvalue weighted by Gasteiger charge is -2.19. The lowest BCUT2D eigenvalue weighted by molar-refractivity contribution is -0.117. The minimum absolute atomic E-state index is 0.116. The molecule has 0 saturated heterocycles. The zero-order valence-corrected chi connectivity index (χ0v) is 17.8. The predicted octanol–water partition coefficient (Wildman–Crippen LogP) is 4.51. The molecule has 0 bridgehead atoms. The smallest absolute Gasteiger partial charge is 0.242 e. The molecule has 0 radical (unpaired) electrons. The fourth-order valence-corrected chi connectivity index (χ4v) is 4.66. The number of amides is 1. The maximum atomic E-state index is 13.2. The molecule has 0 aliphatic rings. The van der Waals surface area contributed by atoms with Gasteiger partial charge in [0.25, 0.3) is 0 Å². The van der Waals surface area contributed by atoms with E-state index in [1.54, 1.807) is 6.07 Å². The molecule has 4 rings (SSSR count). The number of halogens is 1. The van der Waals surface area contributed by atoms with Gasteiger partial charge in [-0.05, 0) is 47.7 Å². The molecule has 32 heavy (non-hydrogen) atoms. The van der Waals surface area contributed by atoms with Crippen LogP contribution in [0.15, 0.2) is 102 Å². The number of hydrogen-bond acceptors (Lipinski definition) is 3. The van der Waals surface area contributed by atoms with Crippen LogP contribution in [-0.4, -0.2) is 20.4 Å². The first-order valence-corrected chi connectivity index (χ1v) is 11.5. The number of benzene rings is 4. The Hall–Kier alpha value is -3.55. The van der Waals surface area contributed by atoms with Crippen molar-refractivity contribution in [2.75, 3.05) is 5.32 Å². The van der Waals surface area contributed by atoms with E-state index in [1.165, 1.54) is 12.1 Å². The summed E-state index contributed by atoms with van der Waals surface area (Å²) < 4.78 is 41.5. The van der Waals surface area contributed by atoms with Crippen molar-refractivity contribution in [3.8, 4) is 0 Å². The number of fused-ring (bicyclic) bond motifs is 1. The van der Waals surface area contributed by atoms with Gasteiger partial charge in [0.2, 0.25) is 15.9 Å². The molecule has 5 nitrogen and oxygen atoms in total. The van der Waals surface area contributed by atoms with E-state index in [2.05, 4.69) is 10.0 Å². The van der Waals surface area contributed by atoms with Gasteiger partial charge in [0.1, 0.15) is 11.9 Å². The summed E-state index contributed by atoms with van der Waals surface area (Å²) in [6.45, 7) is 0. The van der Waals surface area contributed by atoms with Gasteiger partial charge in [-0.3, -0.25) is 4.79 Å². The molecule has 0 heterocycles. The Bertz CT molecular complexity index is 1340. The third-order valence-corrected chi connectivity index (χ3v) is 6.56. The van der Waals surface area contributed by atoms with Gasteiger partial charge in [0.15, 0.2) is 0 Å². The maximum Gasteiger partial charge on any atom is 0.242 e. The van der Waals surface area contributed by atoms with Crippen molar-refractivity contribution >= 4 is 32.4 Å². The van der Waals surface area contributed by atoms with Crippen LogP contribution in [0.1, 0.15) is 5.56 Å². The Labute approximate surface area is 186 Å².